The normalized spacial score (nSPS) is 10.6. The summed E-state index contributed by atoms with van der Waals surface area (Å²) in [5.74, 6) is -1.06. The summed E-state index contributed by atoms with van der Waals surface area (Å²) in [4.78, 5) is 12.0. The predicted molar refractivity (Wildman–Crippen MR) is 87.7 cm³/mol. The van der Waals surface area contributed by atoms with Crippen molar-refractivity contribution in [3.05, 3.63) is 44.7 Å². The van der Waals surface area contributed by atoms with E-state index in [0.717, 1.165) is 4.57 Å². The summed E-state index contributed by atoms with van der Waals surface area (Å²) in [6.07, 6.45) is 1.19. The van der Waals surface area contributed by atoms with Gasteiger partial charge < -0.3 is 5.73 Å². The molecule has 2 aromatic heterocycles. The van der Waals surface area contributed by atoms with Crippen molar-refractivity contribution in [3.8, 4) is 17.2 Å². The van der Waals surface area contributed by atoms with Crippen LogP contribution in [0.3, 0.4) is 0 Å². The Bertz CT molecular complexity index is 894. The van der Waals surface area contributed by atoms with Crippen molar-refractivity contribution in [2.75, 3.05) is 6.54 Å². The first kappa shape index (κ1) is 18.3. The fourth-order valence-electron chi connectivity index (χ4n) is 2.06. The molecule has 0 aliphatic carbocycles. The van der Waals surface area contributed by atoms with Crippen molar-refractivity contribution >= 4 is 28.3 Å². The Morgan fingerprint density at radius 2 is 2.08 bits per heavy atom. The zero-order valence-electron chi connectivity index (χ0n) is 12.1. The van der Waals surface area contributed by atoms with Crippen LogP contribution in [0.15, 0.2) is 36.6 Å². The van der Waals surface area contributed by atoms with Crippen LogP contribution in [-0.2, 0) is 6.42 Å². The molecule has 0 saturated heterocycles. The summed E-state index contributed by atoms with van der Waals surface area (Å²) in [6, 6.07) is 4.08. The molecule has 3 aromatic rings. The highest BCUT2D eigenvalue weighted by Crippen LogP contribution is 2.24. The van der Waals surface area contributed by atoms with E-state index in [1.807, 2.05) is 0 Å². The predicted octanol–water partition coefficient (Wildman–Crippen LogP) is 2.09. The van der Waals surface area contributed by atoms with Gasteiger partial charge in [0.2, 0.25) is 5.82 Å². The Labute approximate surface area is 149 Å². The van der Waals surface area contributed by atoms with Gasteiger partial charge in [0.25, 0.3) is 0 Å². The number of aryl methyl sites for hydroxylation is 1. The summed E-state index contributed by atoms with van der Waals surface area (Å²) in [5, 5.41) is 11.3. The third-order valence-corrected chi connectivity index (χ3v) is 3.76. The smallest absolute Gasteiger partial charge is 0.330 e. The van der Waals surface area contributed by atoms with Crippen LogP contribution in [-0.4, -0.2) is 26.6 Å². The molecule has 1 aromatic carbocycles. The zero-order chi connectivity index (χ0) is 16.4. The lowest BCUT2D eigenvalue weighted by Crippen LogP contribution is -2.14. The van der Waals surface area contributed by atoms with Crippen molar-refractivity contribution < 1.29 is 13.5 Å². The van der Waals surface area contributed by atoms with Gasteiger partial charge in [-0.3, -0.25) is 4.52 Å². The van der Waals surface area contributed by atoms with Gasteiger partial charge in [0, 0.05) is 0 Å². The van der Waals surface area contributed by atoms with E-state index in [9.17, 15) is 9.18 Å². The topological polar surface area (TPSA) is 113 Å². The molecule has 0 radical (unpaired) electrons. The number of halogens is 3. The second-order valence-corrected chi connectivity index (χ2v) is 5.51. The van der Waals surface area contributed by atoms with Gasteiger partial charge in [0.15, 0.2) is 5.69 Å². The van der Waals surface area contributed by atoms with E-state index in [1.165, 1.54) is 18.2 Å². The van der Waals surface area contributed by atoms with Gasteiger partial charge >= 0.3 is 5.76 Å². The molecule has 0 atom stereocenters. The number of nitrogens with two attached hydrogens (primary N) is 1. The lowest BCUT2D eigenvalue weighted by molar-refractivity contribution is 0.304. The molecule has 0 saturated carbocycles. The van der Waals surface area contributed by atoms with E-state index >= 15 is 0 Å². The Morgan fingerprint density at radius 1 is 1.29 bits per heavy atom. The van der Waals surface area contributed by atoms with Gasteiger partial charge in [0.1, 0.15) is 11.5 Å². The number of benzene rings is 1. The first-order valence-electron chi connectivity index (χ1n) is 6.68. The molecule has 24 heavy (non-hydrogen) atoms. The summed E-state index contributed by atoms with van der Waals surface area (Å²) in [6.45, 7) is 0.475. The number of hydrogen-bond donors (Lipinski definition) is 1. The van der Waals surface area contributed by atoms with Crippen LogP contribution in [0, 0.1) is 5.82 Å². The van der Waals surface area contributed by atoms with E-state index in [4.69, 9.17) is 14.9 Å². The van der Waals surface area contributed by atoms with Gasteiger partial charge in [0.05, 0.1) is 10.2 Å². The molecule has 0 bridgehead atoms. The molecule has 3 rings (SSSR count). The van der Waals surface area contributed by atoms with Gasteiger partial charge in [-0.1, -0.05) is 10.3 Å². The first-order valence-corrected chi connectivity index (χ1v) is 7.47. The van der Waals surface area contributed by atoms with Crippen LogP contribution >= 0.6 is 28.3 Å². The molecule has 2 heterocycles. The van der Waals surface area contributed by atoms with Gasteiger partial charge in [-0.15, -0.1) is 12.4 Å². The molecule has 0 aliphatic rings. The molecule has 11 heteroatoms. The average molecular weight is 421 g/mol. The Balaban J connectivity index is 0.00000208. The Hall–Kier alpha value is -2.04. The van der Waals surface area contributed by atoms with E-state index in [0.29, 0.717) is 30.8 Å². The summed E-state index contributed by atoms with van der Waals surface area (Å²) < 4.78 is 24.2. The summed E-state index contributed by atoms with van der Waals surface area (Å²) >= 11 is 3.08. The highest BCUT2D eigenvalue weighted by Gasteiger charge is 2.22. The van der Waals surface area contributed by atoms with Crippen molar-refractivity contribution in [3.63, 3.8) is 0 Å². The molecule has 128 valence electrons. The highest BCUT2D eigenvalue weighted by atomic mass is 79.9. The zero-order valence-corrected chi connectivity index (χ0v) is 14.5. The fourth-order valence-corrected chi connectivity index (χ4v) is 2.43. The van der Waals surface area contributed by atoms with Crippen molar-refractivity contribution in [1.29, 1.82) is 0 Å². The lowest BCUT2D eigenvalue weighted by atomic mass is 10.2. The van der Waals surface area contributed by atoms with Crippen molar-refractivity contribution in [2.45, 2.75) is 12.8 Å². The van der Waals surface area contributed by atoms with Gasteiger partial charge in [-0.2, -0.15) is 0 Å². The maximum absolute atomic E-state index is 13.4. The largest absolute Gasteiger partial charge is 0.446 e. The molecule has 0 aliphatic heterocycles. The lowest BCUT2D eigenvalue weighted by Gasteiger charge is -2.04. The van der Waals surface area contributed by atoms with Crippen LogP contribution in [0.2, 0.25) is 0 Å². The van der Waals surface area contributed by atoms with E-state index in [2.05, 4.69) is 31.4 Å². The minimum Gasteiger partial charge on any atom is -0.330 e. The Kier molecular flexibility index (Phi) is 5.86. The molecule has 8 nitrogen and oxygen atoms in total. The molecule has 0 unspecified atom stereocenters. The first-order chi connectivity index (χ1) is 11.1. The average Bonchev–Trinajstić information content (AvgIpc) is 3.14. The highest BCUT2D eigenvalue weighted by molar-refractivity contribution is 9.10. The Morgan fingerprint density at radius 3 is 2.79 bits per heavy atom. The van der Waals surface area contributed by atoms with Crippen LogP contribution in [0.25, 0.3) is 17.2 Å². The van der Waals surface area contributed by atoms with Crippen molar-refractivity contribution in [1.82, 2.24) is 20.0 Å². The summed E-state index contributed by atoms with van der Waals surface area (Å²) in [7, 11) is 0. The molecule has 2 N–H and O–H groups in total. The molecular weight excluding hydrogens is 409 g/mol. The minimum absolute atomic E-state index is 0. The van der Waals surface area contributed by atoms with E-state index < -0.39 is 11.6 Å². The van der Waals surface area contributed by atoms with Crippen LogP contribution in [0.5, 0.6) is 0 Å². The second-order valence-electron chi connectivity index (χ2n) is 4.66. The maximum Gasteiger partial charge on any atom is 0.446 e. The quantitative estimate of drug-likeness (QED) is 0.672. The third kappa shape index (κ3) is 3.40. The number of nitrogens with zero attached hydrogens (tertiary/aromatic N) is 4. The van der Waals surface area contributed by atoms with Gasteiger partial charge in [-0.05, 0) is 58.7 Å². The maximum atomic E-state index is 13.4. The van der Waals surface area contributed by atoms with Crippen LogP contribution < -0.4 is 11.5 Å². The van der Waals surface area contributed by atoms with Crippen LogP contribution in [0.1, 0.15) is 12.1 Å². The van der Waals surface area contributed by atoms with E-state index in [1.54, 1.807) is 0 Å². The third-order valence-electron chi connectivity index (χ3n) is 3.15. The van der Waals surface area contributed by atoms with Crippen LogP contribution in [0.4, 0.5) is 4.39 Å². The molecule has 0 amide bonds. The number of aromatic nitrogens is 4. The van der Waals surface area contributed by atoms with Crippen molar-refractivity contribution in [2.24, 2.45) is 5.73 Å². The standard InChI is InChI=1S/C13H11BrFN5O3.ClH/c14-8-6-7(3-4-9(8)15)20-12(19-22-13(20)21)11-10(2-1-5-16)17-23-18-11;/h3-4,6H,1-2,5,16H2;1H. The fraction of sp³-hybridized carbons (Fsp3) is 0.231. The monoisotopic (exact) mass is 419 g/mol. The minimum atomic E-state index is -0.730. The summed E-state index contributed by atoms with van der Waals surface area (Å²) in [5.41, 5.74) is 6.64. The molecule has 0 fully saturated rings. The molecular formula is C13H12BrClFN5O3. The SMILES string of the molecule is Cl.NCCCc1nonc1-c1noc(=O)n1-c1ccc(F)c(Br)c1. The van der Waals surface area contributed by atoms with E-state index in [-0.39, 0.29) is 28.4 Å². The van der Waals surface area contributed by atoms with Gasteiger partial charge in [-0.25, -0.2) is 18.4 Å². The number of hydrogen-bond acceptors (Lipinski definition) is 7. The number of rotatable bonds is 5. The second kappa shape index (κ2) is 7.69. The molecule has 0 spiro atoms.